The molecule has 0 bridgehead atoms. The van der Waals surface area contributed by atoms with Crippen LogP contribution in [0.4, 0.5) is 11.4 Å². The third-order valence-electron chi connectivity index (χ3n) is 4.54. The van der Waals surface area contributed by atoms with E-state index < -0.39 is 0 Å². The molecule has 1 amide bonds. The Morgan fingerprint density at radius 3 is 2.45 bits per heavy atom. The summed E-state index contributed by atoms with van der Waals surface area (Å²) >= 11 is 1.37. The minimum atomic E-state index is -0.0618. The van der Waals surface area contributed by atoms with Crippen molar-refractivity contribution in [3.8, 4) is 5.75 Å². The first-order chi connectivity index (χ1) is 14.0. The van der Waals surface area contributed by atoms with Gasteiger partial charge >= 0.3 is 0 Å². The highest BCUT2D eigenvalue weighted by molar-refractivity contribution is 7.99. The van der Waals surface area contributed by atoms with E-state index in [1.807, 2.05) is 67.9 Å². The average molecular weight is 412 g/mol. The number of ether oxygens (including phenoxy) is 1. The summed E-state index contributed by atoms with van der Waals surface area (Å²) in [5.41, 5.74) is 3.94. The third kappa shape index (κ3) is 5.29. The van der Waals surface area contributed by atoms with Gasteiger partial charge in [0.15, 0.2) is 11.0 Å². The minimum absolute atomic E-state index is 0.0618. The molecule has 1 heterocycles. The summed E-state index contributed by atoms with van der Waals surface area (Å²) in [7, 11) is 3.54. The quantitative estimate of drug-likeness (QED) is 0.549. The number of rotatable bonds is 8. The molecule has 29 heavy (non-hydrogen) atoms. The second-order valence-corrected chi connectivity index (χ2v) is 7.59. The third-order valence-corrected chi connectivity index (χ3v) is 5.56. The molecule has 0 fully saturated rings. The van der Waals surface area contributed by atoms with E-state index in [9.17, 15) is 4.79 Å². The molecule has 0 aliphatic carbocycles. The molecule has 0 radical (unpaired) electrons. The highest BCUT2D eigenvalue weighted by Gasteiger charge is 2.13. The maximum absolute atomic E-state index is 12.4. The lowest BCUT2D eigenvalue weighted by molar-refractivity contribution is -0.113. The van der Waals surface area contributed by atoms with Gasteiger partial charge in [-0.1, -0.05) is 30.0 Å². The Morgan fingerprint density at radius 2 is 1.79 bits per heavy atom. The first-order valence-corrected chi connectivity index (χ1v) is 10.2. The van der Waals surface area contributed by atoms with Crippen LogP contribution in [0.15, 0.2) is 47.6 Å². The molecule has 0 atom stereocenters. The number of nitrogens with one attached hydrogen (secondary N) is 2. The molecule has 0 aliphatic rings. The summed E-state index contributed by atoms with van der Waals surface area (Å²) in [5, 5.41) is 15.4. The van der Waals surface area contributed by atoms with Gasteiger partial charge < -0.3 is 19.9 Å². The van der Waals surface area contributed by atoms with E-state index in [0.29, 0.717) is 11.7 Å². The Bertz CT molecular complexity index is 965. The summed E-state index contributed by atoms with van der Waals surface area (Å²) in [6, 6.07) is 13.6. The normalized spacial score (nSPS) is 10.6. The molecule has 1 aromatic heterocycles. The van der Waals surface area contributed by atoms with Crippen LogP contribution >= 0.6 is 11.8 Å². The number of aryl methyl sites for hydroxylation is 2. The second-order valence-electron chi connectivity index (χ2n) is 6.64. The molecule has 2 N–H and O–H groups in total. The zero-order valence-electron chi connectivity index (χ0n) is 17.0. The Balaban J connectivity index is 1.54. The van der Waals surface area contributed by atoms with Gasteiger partial charge in [0.2, 0.25) is 5.91 Å². The predicted octanol–water partition coefficient (Wildman–Crippen LogP) is 3.78. The van der Waals surface area contributed by atoms with Crippen LogP contribution in [0.5, 0.6) is 5.75 Å². The van der Waals surface area contributed by atoms with E-state index >= 15 is 0 Å². The Morgan fingerprint density at radius 1 is 1.10 bits per heavy atom. The van der Waals surface area contributed by atoms with Crippen molar-refractivity contribution >= 4 is 29.0 Å². The fourth-order valence-corrected chi connectivity index (χ4v) is 3.56. The number of hydrogen-bond donors (Lipinski definition) is 2. The van der Waals surface area contributed by atoms with Crippen molar-refractivity contribution in [2.75, 3.05) is 23.5 Å². The molecule has 3 aromatic rings. The summed E-state index contributed by atoms with van der Waals surface area (Å²) in [6.07, 6.45) is 0. The smallest absolute Gasteiger partial charge is 0.234 e. The van der Waals surface area contributed by atoms with Crippen LogP contribution in [0, 0.1) is 13.8 Å². The number of amides is 1. The lowest BCUT2D eigenvalue weighted by Gasteiger charge is -2.11. The number of para-hydroxylation sites is 1. The number of thioether (sulfide) groups is 1. The maximum atomic E-state index is 12.4. The standard InChI is InChI=1S/C21H25N5O2S/c1-14-6-5-7-15(2)20(14)23-19(27)13-29-21-25-24-18(26(21)3)12-22-16-8-10-17(28-4)11-9-16/h5-11,22H,12-13H2,1-4H3,(H,23,27). The summed E-state index contributed by atoms with van der Waals surface area (Å²) < 4.78 is 7.06. The van der Waals surface area contributed by atoms with Crippen LogP contribution in [-0.4, -0.2) is 33.5 Å². The van der Waals surface area contributed by atoms with Crippen LogP contribution in [-0.2, 0) is 18.4 Å². The van der Waals surface area contributed by atoms with Crippen molar-refractivity contribution in [2.24, 2.45) is 7.05 Å². The Labute approximate surface area is 174 Å². The number of nitrogens with zero attached hydrogens (tertiary/aromatic N) is 3. The topological polar surface area (TPSA) is 81.1 Å². The monoisotopic (exact) mass is 411 g/mol. The van der Waals surface area contributed by atoms with Crippen LogP contribution in [0.3, 0.4) is 0 Å². The lowest BCUT2D eigenvalue weighted by Crippen LogP contribution is -2.16. The van der Waals surface area contributed by atoms with E-state index in [0.717, 1.165) is 34.1 Å². The van der Waals surface area contributed by atoms with Crippen LogP contribution in [0.1, 0.15) is 17.0 Å². The van der Waals surface area contributed by atoms with Crippen LogP contribution in [0.25, 0.3) is 0 Å². The van der Waals surface area contributed by atoms with Gasteiger partial charge in [-0.2, -0.15) is 0 Å². The van der Waals surface area contributed by atoms with E-state index in [1.165, 1.54) is 11.8 Å². The van der Waals surface area contributed by atoms with E-state index in [2.05, 4.69) is 20.8 Å². The fraction of sp³-hybridized carbons (Fsp3) is 0.286. The van der Waals surface area contributed by atoms with Gasteiger partial charge in [-0.25, -0.2) is 0 Å². The van der Waals surface area contributed by atoms with Gasteiger partial charge in [-0.05, 0) is 49.2 Å². The molecule has 152 valence electrons. The van der Waals surface area contributed by atoms with Gasteiger partial charge in [0.05, 0.1) is 19.4 Å². The van der Waals surface area contributed by atoms with Gasteiger partial charge in [0.1, 0.15) is 5.75 Å². The largest absolute Gasteiger partial charge is 0.497 e. The number of aromatic nitrogens is 3. The number of carbonyl (C=O) groups is 1. The molecule has 2 aromatic carbocycles. The first-order valence-electron chi connectivity index (χ1n) is 9.23. The number of anilines is 2. The van der Waals surface area contributed by atoms with Crippen LogP contribution in [0.2, 0.25) is 0 Å². The highest BCUT2D eigenvalue weighted by Crippen LogP contribution is 2.21. The van der Waals surface area contributed by atoms with E-state index in [-0.39, 0.29) is 11.7 Å². The fourth-order valence-electron chi connectivity index (χ4n) is 2.83. The lowest BCUT2D eigenvalue weighted by atomic mass is 10.1. The average Bonchev–Trinajstić information content (AvgIpc) is 3.07. The van der Waals surface area contributed by atoms with Crippen molar-refractivity contribution in [1.29, 1.82) is 0 Å². The zero-order valence-corrected chi connectivity index (χ0v) is 17.8. The van der Waals surface area contributed by atoms with Crippen molar-refractivity contribution in [3.05, 3.63) is 59.4 Å². The van der Waals surface area contributed by atoms with Gasteiger partial charge in [0, 0.05) is 18.4 Å². The molecule has 7 nitrogen and oxygen atoms in total. The minimum Gasteiger partial charge on any atom is -0.497 e. The van der Waals surface area contributed by atoms with Gasteiger partial charge in [-0.15, -0.1) is 10.2 Å². The molecule has 0 aliphatic heterocycles. The van der Waals surface area contributed by atoms with Crippen LogP contribution < -0.4 is 15.4 Å². The van der Waals surface area contributed by atoms with E-state index in [1.54, 1.807) is 7.11 Å². The highest BCUT2D eigenvalue weighted by atomic mass is 32.2. The number of benzene rings is 2. The van der Waals surface area contributed by atoms with Crippen molar-refractivity contribution in [1.82, 2.24) is 14.8 Å². The Kier molecular flexibility index (Phi) is 6.77. The molecular weight excluding hydrogens is 386 g/mol. The van der Waals surface area contributed by atoms with Crippen molar-refractivity contribution < 1.29 is 9.53 Å². The van der Waals surface area contributed by atoms with E-state index in [4.69, 9.17) is 4.74 Å². The van der Waals surface area contributed by atoms with Gasteiger partial charge in [-0.3, -0.25) is 4.79 Å². The predicted molar refractivity (Wildman–Crippen MR) is 117 cm³/mol. The number of hydrogen-bond acceptors (Lipinski definition) is 6. The van der Waals surface area contributed by atoms with Gasteiger partial charge in [0.25, 0.3) is 0 Å². The molecule has 0 saturated heterocycles. The molecule has 0 saturated carbocycles. The molecule has 0 spiro atoms. The zero-order chi connectivity index (χ0) is 20.8. The van der Waals surface area contributed by atoms with Crippen molar-refractivity contribution in [2.45, 2.75) is 25.5 Å². The SMILES string of the molecule is COc1ccc(NCc2nnc(SCC(=O)Nc3c(C)cccc3C)n2C)cc1. The molecule has 8 heteroatoms. The molecule has 3 rings (SSSR count). The second kappa shape index (κ2) is 9.47. The first kappa shape index (κ1) is 20.7. The maximum Gasteiger partial charge on any atom is 0.234 e. The number of methoxy groups -OCH3 is 1. The summed E-state index contributed by atoms with van der Waals surface area (Å²) in [4.78, 5) is 12.4. The summed E-state index contributed by atoms with van der Waals surface area (Å²) in [5.74, 6) is 1.81. The Hall–Kier alpha value is -3.00. The summed E-state index contributed by atoms with van der Waals surface area (Å²) in [6.45, 7) is 4.51. The van der Waals surface area contributed by atoms with Crippen molar-refractivity contribution in [3.63, 3.8) is 0 Å². The molecule has 0 unspecified atom stereocenters. The molecular formula is C21H25N5O2S. The number of carbonyl (C=O) groups excluding carboxylic acids is 1.